The highest BCUT2D eigenvalue weighted by molar-refractivity contribution is 5.76. The van der Waals surface area contributed by atoms with E-state index in [0.717, 1.165) is 37.2 Å². The molecule has 110 valence electrons. The zero-order valence-corrected chi connectivity index (χ0v) is 12.3. The van der Waals surface area contributed by atoms with Crippen molar-refractivity contribution in [2.45, 2.75) is 31.7 Å². The van der Waals surface area contributed by atoms with Crippen molar-refractivity contribution in [3.05, 3.63) is 29.8 Å². The fourth-order valence-corrected chi connectivity index (χ4v) is 2.71. The van der Waals surface area contributed by atoms with Gasteiger partial charge in [-0.2, -0.15) is 0 Å². The van der Waals surface area contributed by atoms with Gasteiger partial charge in [0, 0.05) is 0 Å². The number of likely N-dealkylation sites (tertiary alicyclic amines) is 1. The Hall–Kier alpha value is -1.55. The van der Waals surface area contributed by atoms with Gasteiger partial charge in [0.05, 0.1) is 14.2 Å². The molecule has 0 N–H and O–H groups in total. The minimum Gasteiger partial charge on any atom is -0.497 e. The minimum atomic E-state index is -0.173. The number of hydrogen-bond acceptors (Lipinski definition) is 4. The zero-order chi connectivity index (χ0) is 14.4. The van der Waals surface area contributed by atoms with E-state index in [1.54, 1.807) is 7.11 Å². The van der Waals surface area contributed by atoms with Gasteiger partial charge in [-0.1, -0.05) is 18.6 Å². The zero-order valence-electron chi connectivity index (χ0n) is 12.3. The number of carbonyl (C=O) groups excluding carboxylic acids is 1. The Kier molecular flexibility index (Phi) is 5.41. The van der Waals surface area contributed by atoms with Crippen LogP contribution in [0.4, 0.5) is 0 Å². The quantitative estimate of drug-likeness (QED) is 0.774. The molecule has 0 aromatic heterocycles. The summed E-state index contributed by atoms with van der Waals surface area (Å²) in [4.78, 5) is 14.3. The van der Waals surface area contributed by atoms with E-state index >= 15 is 0 Å². The first-order chi connectivity index (χ1) is 9.74. The van der Waals surface area contributed by atoms with Crippen molar-refractivity contribution in [2.24, 2.45) is 0 Å². The first-order valence-corrected chi connectivity index (χ1v) is 7.19. The van der Waals surface area contributed by atoms with Crippen LogP contribution in [0.2, 0.25) is 0 Å². The van der Waals surface area contributed by atoms with E-state index in [1.165, 1.54) is 13.5 Å². The highest BCUT2D eigenvalue weighted by Crippen LogP contribution is 2.18. The molecule has 0 spiro atoms. The molecule has 0 bridgehead atoms. The standard InChI is InChI=1S/C16H23NO3/c1-19-14-8-6-13(7-9-14)12-15(16(18)20-2)17-10-4-3-5-11-17/h6-9,15H,3-5,10-12H2,1-2H3. The Morgan fingerprint density at radius 2 is 1.80 bits per heavy atom. The van der Waals surface area contributed by atoms with Crippen molar-refractivity contribution in [1.29, 1.82) is 0 Å². The lowest BCUT2D eigenvalue weighted by molar-refractivity contribution is -0.147. The second-order valence-corrected chi connectivity index (χ2v) is 5.19. The van der Waals surface area contributed by atoms with Gasteiger partial charge in [0.1, 0.15) is 11.8 Å². The molecule has 1 aromatic rings. The molecule has 1 aromatic carbocycles. The molecular weight excluding hydrogens is 254 g/mol. The second-order valence-electron chi connectivity index (χ2n) is 5.19. The Bertz CT molecular complexity index is 424. The van der Waals surface area contributed by atoms with Crippen LogP contribution in [0.15, 0.2) is 24.3 Å². The van der Waals surface area contributed by atoms with E-state index in [0.29, 0.717) is 6.42 Å². The van der Waals surface area contributed by atoms with E-state index in [-0.39, 0.29) is 12.0 Å². The molecule has 1 saturated heterocycles. The molecule has 20 heavy (non-hydrogen) atoms. The predicted octanol–water partition coefficient (Wildman–Crippen LogP) is 2.27. The Morgan fingerprint density at radius 1 is 1.15 bits per heavy atom. The summed E-state index contributed by atoms with van der Waals surface area (Å²) in [6.45, 7) is 1.96. The summed E-state index contributed by atoms with van der Waals surface area (Å²) in [7, 11) is 3.12. The van der Waals surface area contributed by atoms with Crippen LogP contribution in [0.1, 0.15) is 24.8 Å². The molecule has 1 aliphatic heterocycles. The van der Waals surface area contributed by atoms with Gasteiger partial charge in [-0.25, -0.2) is 0 Å². The topological polar surface area (TPSA) is 38.8 Å². The molecule has 1 fully saturated rings. The number of piperidine rings is 1. The van der Waals surface area contributed by atoms with E-state index in [9.17, 15) is 4.79 Å². The number of nitrogens with zero attached hydrogens (tertiary/aromatic N) is 1. The predicted molar refractivity (Wildman–Crippen MR) is 77.9 cm³/mol. The van der Waals surface area contributed by atoms with Crippen molar-refractivity contribution in [2.75, 3.05) is 27.3 Å². The number of benzene rings is 1. The fraction of sp³-hybridized carbons (Fsp3) is 0.562. The largest absolute Gasteiger partial charge is 0.497 e. The van der Waals surface area contributed by atoms with Crippen LogP contribution in [-0.2, 0) is 16.0 Å². The van der Waals surface area contributed by atoms with Crippen LogP contribution in [0.3, 0.4) is 0 Å². The van der Waals surface area contributed by atoms with Gasteiger partial charge in [0.15, 0.2) is 0 Å². The van der Waals surface area contributed by atoms with Gasteiger partial charge in [-0.05, 0) is 50.0 Å². The first kappa shape index (κ1) is 14.9. The van der Waals surface area contributed by atoms with Crippen LogP contribution >= 0.6 is 0 Å². The van der Waals surface area contributed by atoms with Crippen LogP contribution in [0.5, 0.6) is 5.75 Å². The maximum Gasteiger partial charge on any atom is 0.323 e. The summed E-state index contributed by atoms with van der Waals surface area (Å²) < 4.78 is 10.1. The SMILES string of the molecule is COC(=O)C(Cc1ccc(OC)cc1)N1CCCCC1. The van der Waals surface area contributed by atoms with Crippen LogP contribution in [0.25, 0.3) is 0 Å². The van der Waals surface area contributed by atoms with Crippen molar-refractivity contribution in [3.8, 4) is 5.75 Å². The third-order valence-corrected chi connectivity index (χ3v) is 3.89. The molecule has 4 heteroatoms. The highest BCUT2D eigenvalue weighted by Gasteiger charge is 2.28. The third-order valence-electron chi connectivity index (χ3n) is 3.89. The number of rotatable bonds is 5. The van der Waals surface area contributed by atoms with Gasteiger partial charge in [-0.15, -0.1) is 0 Å². The van der Waals surface area contributed by atoms with Crippen molar-refractivity contribution in [1.82, 2.24) is 4.90 Å². The number of ether oxygens (including phenoxy) is 2. The second kappa shape index (κ2) is 7.29. The first-order valence-electron chi connectivity index (χ1n) is 7.19. The Labute approximate surface area is 120 Å². The molecule has 1 heterocycles. The monoisotopic (exact) mass is 277 g/mol. The molecule has 1 atom stereocenters. The maximum atomic E-state index is 12.1. The number of esters is 1. The lowest BCUT2D eigenvalue weighted by Crippen LogP contribution is -2.45. The average molecular weight is 277 g/mol. The van der Waals surface area contributed by atoms with Crippen molar-refractivity contribution < 1.29 is 14.3 Å². The van der Waals surface area contributed by atoms with Gasteiger partial charge in [0.2, 0.25) is 0 Å². The number of carbonyl (C=O) groups is 1. The summed E-state index contributed by atoms with van der Waals surface area (Å²) in [5.74, 6) is 0.698. The van der Waals surface area contributed by atoms with Crippen LogP contribution in [0, 0.1) is 0 Å². The van der Waals surface area contributed by atoms with Crippen molar-refractivity contribution >= 4 is 5.97 Å². The van der Waals surface area contributed by atoms with Crippen molar-refractivity contribution in [3.63, 3.8) is 0 Å². The van der Waals surface area contributed by atoms with E-state index in [1.807, 2.05) is 24.3 Å². The molecular formula is C16H23NO3. The summed E-state index contributed by atoms with van der Waals surface area (Å²) in [5, 5.41) is 0. The Balaban J connectivity index is 2.07. The van der Waals surface area contributed by atoms with E-state index < -0.39 is 0 Å². The summed E-state index contributed by atoms with van der Waals surface area (Å²) in [6.07, 6.45) is 4.27. The molecule has 1 aliphatic rings. The average Bonchev–Trinajstić information content (AvgIpc) is 2.53. The third kappa shape index (κ3) is 3.73. The molecule has 2 rings (SSSR count). The van der Waals surface area contributed by atoms with E-state index in [2.05, 4.69) is 4.90 Å². The lowest BCUT2D eigenvalue weighted by atomic mass is 10.0. The fourth-order valence-electron chi connectivity index (χ4n) is 2.71. The number of hydrogen-bond donors (Lipinski definition) is 0. The van der Waals surface area contributed by atoms with Crippen LogP contribution < -0.4 is 4.74 Å². The van der Waals surface area contributed by atoms with Gasteiger partial charge >= 0.3 is 5.97 Å². The summed E-state index contributed by atoms with van der Waals surface area (Å²) >= 11 is 0. The minimum absolute atomic E-state index is 0.136. The smallest absolute Gasteiger partial charge is 0.323 e. The molecule has 0 aliphatic carbocycles. The van der Waals surface area contributed by atoms with Gasteiger partial charge in [-0.3, -0.25) is 9.69 Å². The Morgan fingerprint density at radius 3 is 2.35 bits per heavy atom. The van der Waals surface area contributed by atoms with E-state index in [4.69, 9.17) is 9.47 Å². The number of methoxy groups -OCH3 is 2. The van der Waals surface area contributed by atoms with Gasteiger partial charge in [0.25, 0.3) is 0 Å². The van der Waals surface area contributed by atoms with Gasteiger partial charge < -0.3 is 9.47 Å². The summed E-state index contributed by atoms with van der Waals surface area (Å²) in [5.41, 5.74) is 1.13. The summed E-state index contributed by atoms with van der Waals surface area (Å²) in [6, 6.07) is 7.71. The molecule has 1 unspecified atom stereocenters. The molecule has 0 saturated carbocycles. The lowest BCUT2D eigenvalue weighted by Gasteiger charge is -2.32. The molecule has 0 amide bonds. The highest BCUT2D eigenvalue weighted by atomic mass is 16.5. The molecule has 0 radical (unpaired) electrons. The normalized spacial score (nSPS) is 17.5. The molecule has 4 nitrogen and oxygen atoms in total. The van der Waals surface area contributed by atoms with Crippen LogP contribution in [-0.4, -0.2) is 44.2 Å². The maximum absolute atomic E-state index is 12.1.